The second-order valence-corrected chi connectivity index (χ2v) is 6.45. The van der Waals surface area contributed by atoms with Crippen LogP contribution in [0.4, 0.5) is 4.79 Å². The van der Waals surface area contributed by atoms with Crippen molar-refractivity contribution in [3.8, 4) is 0 Å². The molecule has 0 N–H and O–H groups in total. The van der Waals surface area contributed by atoms with E-state index in [4.69, 9.17) is 23.2 Å². The first kappa shape index (κ1) is 15.4. The van der Waals surface area contributed by atoms with E-state index in [2.05, 4.69) is 4.98 Å². The number of hydrogen-bond acceptors (Lipinski definition) is 2. The van der Waals surface area contributed by atoms with Crippen LogP contribution < -0.4 is 0 Å². The Labute approximate surface area is 139 Å². The molecule has 116 valence electrons. The van der Waals surface area contributed by atoms with Crippen LogP contribution in [0.25, 0.3) is 0 Å². The molecule has 4 nitrogen and oxygen atoms in total. The zero-order chi connectivity index (χ0) is 15.5. The fourth-order valence-electron chi connectivity index (χ4n) is 2.86. The van der Waals surface area contributed by atoms with Crippen molar-refractivity contribution in [1.29, 1.82) is 0 Å². The number of benzene rings is 1. The molecule has 1 aliphatic rings. The Hall–Kier alpha value is -1.52. The van der Waals surface area contributed by atoms with Gasteiger partial charge in [0, 0.05) is 25.5 Å². The van der Waals surface area contributed by atoms with Gasteiger partial charge in [-0.1, -0.05) is 29.3 Å². The van der Waals surface area contributed by atoms with Crippen molar-refractivity contribution in [3.05, 3.63) is 52.5 Å². The van der Waals surface area contributed by atoms with E-state index >= 15 is 0 Å². The Kier molecular flexibility index (Phi) is 4.69. The summed E-state index contributed by atoms with van der Waals surface area (Å²) in [4.78, 5) is 18.0. The van der Waals surface area contributed by atoms with Crippen molar-refractivity contribution in [1.82, 2.24) is 14.5 Å². The zero-order valence-corrected chi connectivity index (χ0v) is 13.6. The molecule has 1 saturated heterocycles. The van der Waals surface area contributed by atoms with Crippen LogP contribution in [0.5, 0.6) is 0 Å². The summed E-state index contributed by atoms with van der Waals surface area (Å²) in [7, 11) is 0. The number of nitrogens with zero attached hydrogens (tertiary/aromatic N) is 3. The Morgan fingerprint density at radius 2 is 2.00 bits per heavy atom. The maximum Gasteiger partial charge on any atom is 0.329 e. The first-order valence-electron chi connectivity index (χ1n) is 7.34. The second-order valence-electron chi connectivity index (χ2n) is 5.64. The molecule has 1 aliphatic heterocycles. The van der Waals surface area contributed by atoms with E-state index in [9.17, 15) is 4.79 Å². The lowest BCUT2D eigenvalue weighted by atomic mass is 9.90. The summed E-state index contributed by atoms with van der Waals surface area (Å²) in [5.74, 6) is 0.573. The fourth-order valence-corrected chi connectivity index (χ4v) is 3.18. The lowest BCUT2D eigenvalue weighted by Crippen LogP contribution is -2.40. The van der Waals surface area contributed by atoms with Gasteiger partial charge in [0.15, 0.2) is 0 Å². The molecular formula is C16H17Cl2N3O. The first-order valence-corrected chi connectivity index (χ1v) is 8.10. The number of rotatable bonds is 2. The molecule has 3 rings (SSSR count). The van der Waals surface area contributed by atoms with E-state index in [1.54, 1.807) is 18.7 Å². The fraction of sp³-hybridized carbons (Fsp3) is 0.375. The van der Waals surface area contributed by atoms with Gasteiger partial charge in [0.25, 0.3) is 0 Å². The van der Waals surface area contributed by atoms with Gasteiger partial charge in [-0.2, -0.15) is 0 Å². The summed E-state index contributed by atoms with van der Waals surface area (Å²) >= 11 is 12.0. The van der Waals surface area contributed by atoms with Crippen LogP contribution >= 0.6 is 23.2 Å². The minimum absolute atomic E-state index is 0.00508. The van der Waals surface area contributed by atoms with E-state index in [0.29, 0.717) is 16.0 Å². The van der Waals surface area contributed by atoms with Gasteiger partial charge in [0.05, 0.1) is 10.0 Å². The monoisotopic (exact) mass is 337 g/mol. The average Bonchev–Trinajstić information content (AvgIpc) is 3.05. The third-order valence-electron chi connectivity index (χ3n) is 4.12. The molecule has 0 aliphatic carbocycles. The molecule has 6 heteroatoms. The molecule has 1 aromatic carbocycles. The maximum absolute atomic E-state index is 12.2. The van der Waals surface area contributed by atoms with Crippen LogP contribution in [0.3, 0.4) is 0 Å². The summed E-state index contributed by atoms with van der Waals surface area (Å²) in [5.41, 5.74) is 1.20. The summed E-state index contributed by atoms with van der Waals surface area (Å²) in [6.07, 6.45) is 7.83. The normalized spacial score (nSPS) is 16.0. The third-order valence-corrected chi connectivity index (χ3v) is 4.86. The van der Waals surface area contributed by atoms with Gasteiger partial charge in [-0.3, -0.25) is 4.57 Å². The Bertz CT molecular complexity index is 649. The Morgan fingerprint density at radius 1 is 1.23 bits per heavy atom. The summed E-state index contributed by atoms with van der Waals surface area (Å²) in [6.45, 7) is 1.56. The molecule has 1 fully saturated rings. The van der Waals surface area contributed by atoms with Gasteiger partial charge < -0.3 is 4.90 Å². The average molecular weight is 338 g/mol. The molecule has 2 aromatic rings. The number of piperidine rings is 1. The number of likely N-dealkylation sites (tertiary alicyclic amines) is 1. The van der Waals surface area contributed by atoms with Crippen molar-refractivity contribution in [2.24, 2.45) is 5.92 Å². The molecule has 0 atom stereocenters. The predicted octanol–water partition coefficient (Wildman–Crippen LogP) is 4.11. The molecule has 22 heavy (non-hydrogen) atoms. The summed E-state index contributed by atoms with van der Waals surface area (Å²) in [6, 6.07) is 5.81. The highest BCUT2D eigenvalue weighted by molar-refractivity contribution is 6.42. The first-order chi connectivity index (χ1) is 10.6. The SMILES string of the molecule is O=C(N1CCC(Cc2ccc(Cl)c(Cl)c2)CC1)n1ccnc1. The van der Waals surface area contributed by atoms with Crippen molar-refractivity contribution in [3.63, 3.8) is 0 Å². The molecule has 0 saturated carbocycles. The van der Waals surface area contributed by atoms with Crippen molar-refractivity contribution < 1.29 is 4.79 Å². The van der Waals surface area contributed by atoms with Crippen LogP contribution in [0, 0.1) is 5.92 Å². The van der Waals surface area contributed by atoms with Crippen molar-refractivity contribution in [2.75, 3.05) is 13.1 Å². The summed E-state index contributed by atoms with van der Waals surface area (Å²) in [5, 5.41) is 1.19. The Morgan fingerprint density at radius 3 is 2.64 bits per heavy atom. The molecule has 0 unspecified atom stereocenters. The lowest BCUT2D eigenvalue weighted by Gasteiger charge is -2.32. The number of amides is 1. The summed E-state index contributed by atoms with van der Waals surface area (Å²) < 4.78 is 1.53. The van der Waals surface area contributed by atoms with Gasteiger partial charge in [-0.05, 0) is 42.9 Å². The quantitative estimate of drug-likeness (QED) is 0.826. The minimum Gasteiger partial charge on any atom is -0.324 e. The van der Waals surface area contributed by atoms with Gasteiger partial charge in [0.2, 0.25) is 0 Å². The van der Waals surface area contributed by atoms with E-state index in [-0.39, 0.29) is 6.03 Å². The minimum atomic E-state index is 0.00508. The highest BCUT2D eigenvalue weighted by Crippen LogP contribution is 2.27. The van der Waals surface area contributed by atoms with Crippen LogP contribution in [-0.4, -0.2) is 33.6 Å². The molecule has 0 bridgehead atoms. The van der Waals surface area contributed by atoms with E-state index < -0.39 is 0 Å². The zero-order valence-electron chi connectivity index (χ0n) is 12.1. The number of carbonyl (C=O) groups excluding carboxylic acids is 1. The molecule has 1 aromatic heterocycles. The predicted molar refractivity (Wildman–Crippen MR) is 87.5 cm³/mol. The number of imidazole rings is 1. The van der Waals surface area contributed by atoms with E-state index in [1.807, 2.05) is 23.1 Å². The van der Waals surface area contributed by atoms with Crippen LogP contribution in [0.1, 0.15) is 18.4 Å². The van der Waals surface area contributed by atoms with Crippen molar-refractivity contribution >= 4 is 29.2 Å². The largest absolute Gasteiger partial charge is 0.329 e. The third kappa shape index (κ3) is 3.45. The van der Waals surface area contributed by atoms with Crippen LogP contribution in [-0.2, 0) is 6.42 Å². The molecular weight excluding hydrogens is 321 g/mol. The number of aromatic nitrogens is 2. The number of halogens is 2. The number of hydrogen-bond donors (Lipinski definition) is 0. The molecule has 0 spiro atoms. The highest BCUT2D eigenvalue weighted by Gasteiger charge is 2.23. The molecule has 0 radical (unpaired) electrons. The van der Waals surface area contributed by atoms with Crippen LogP contribution in [0.2, 0.25) is 10.0 Å². The van der Waals surface area contributed by atoms with Crippen molar-refractivity contribution in [2.45, 2.75) is 19.3 Å². The van der Waals surface area contributed by atoms with Gasteiger partial charge >= 0.3 is 6.03 Å². The molecule has 1 amide bonds. The molecule has 2 heterocycles. The van der Waals surface area contributed by atoms with E-state index in [0.717, 1.165) is 32.4 Å². The second kappa shape index (κ2) is 6.71. The van der Waals surface area contributed by atoms with E-state index in [1.165, 1.54) is 10.1 Å². The lowest BCUT2D eigenvalue weighted by molar-refractivity contribution is 0.172. The van der Waals surface area contributed by atoms with Gasteiger partial charge in [-0.25, -0.2) is 9.78 Å². The van der Waals surface area contributed by atoms with Gasteiger partial charge in [-0.15, -0.1) is 0 Å². The topological polar surface area (TPSA) is 38.1 Å². The maximum atomic E-state index is 12.2. The Balaban J connectivity index is 1.55. The standard InChI is InChI=1S/C16H17Cl2N3O/c17-14-2-1-13(10-15(14)18)9-12-3-6-20(7-4-12)16(22)21-8-5-19-11-21/h1-2,5,8,10-12H,3-4,6-7,9H2. The number of carbonyl (C=O) groups is 1. The van der Waals surface area contributed by atoms with Crippen LogP contribution in [0.15, 0.2) is 36.9 Å². The highest BCUT2D eigenvalue weighted by atomic mass is 35.5. The smallest absolute Gasteiger partial charge is 0.324 e. The van der Waals surface area contributed by atoms with Gasteiger partial charge in [0.1, 0.15) is 6.33 Å².